The lowest BCUT2D eigenvalue weighted by Gasteiger charge is -2.09. The minimum atomic E-state index is -0.666. The number of rotatable bonds is 2. The van der Waals surface area contributed by atoms with Gasteiger partial charge in [0.2, 0.25) is 0 Å². The highest BCUT2D eigenvalue weighted by Gasteiger charge is 2.13. The average Bonchev–Trinajstić information content (AvgIpc) is 2.47. The Labute approximate surface area is 134 Å². The maximum Gasteiger partial charge on any atom is 0.273 e. The van der Waals surface area contributed by atoms with Crippen LogP contribution in [0.1, 0.15) is 20.7 Å². The summed E-state index contributed by atoms with van der Waals surface area (Å²) in [6, 6.07) is 10.7. The van der Waals surface area contributed by atoms with E-state index in [4.69, 9.17) is 11.6 Å². The lowest BCUT2D eigenvalue weighted by Crippen LogP contribution is -2.41. The van der Waals surface area contributed by atoms with Gasteiger partial charge < -0.3 is 5.11 Å². The van der Waals surface area contributed by atoms with Crippen molar-refractivity contribution in [2.45, 2.75) is 0 Å². The average molecular weight is 370 g/mol. The Hall–Kier alpha value is -2.05. The summed E-state index contributed by atoms with van der Waals surface area (Å²) < 4.78 is 0.840. The van der Waals surface area contributed by atoms with Gasteiger partial charge in [-0.25, -0.2) is 0 Å². The second-order valence-corrected chi connectivity index (χ2v) is 5.43. The minimum Gasteiger partial charge on any atom is -0.507 e. The lowest BCUT2D eigenvalue weighted by molar-refractivity contribution is 0.0845. The van der Waals surface area contributed by atoms with E-state index in [0.717, 1.165) is 4.47 Å². The van der Waals surface area contributed by atoms with Crippen LogP contribution in [-0.2, 0) is 0 Å². The zero-order chi connectivity index (χ0) is 15.4. The molecule has 0 saturated heterocycles. The van der Waals surface area contributed by atoms with Gasteiger partial charge in [0.1, 0.15) is 5.75 Å². The molecule has 0 aliphatic carbocycles. The standard InChI is InChI=1S/C14H10BrClN2O3/c15-9-3-1-8(2-4-9)13(20)17-18-14(21)11-7-10(16)5-6-12(11)19/h1-7,19H,(H,17,20)(H,18,21). The maximum absolute atomic E-state index is 11.9. The van der Waals surface area contributed by atoms with Crippen molar-refractivity contribution < 1.29 is 14.7 Å². The van der Waals surface area contributed by atoms with Crippen LogP contribution in [0.3, 0.4) is 0 Å². The smallest absolute Gasteiger partial charge is 0.273 e. The first kappa shape index (κ1) is 15.3. The molecular formula is C14H10BrClN2O3. The number of amides is 2. The molecule has 0 aromatic heterocycles. The number of carbonyl (C=O) groups excluding carboxylic acids is 2. The van der Waals surface area contributed by atoms with Gasteiger partial charge in [-0.05, 0) is 42.5 Å². The van der Waals surface area contributed by atoms with Crippen molar-refractivity contribution >= 4 is 39.3 Å². The van der Waals surface area contributed by atoms with Gasteiger partial charge in [-0.1, -0.05) is 27.5 Å². The third-order valence-electron chi connectivity index (χ3n) is 2.60. The number of benzene rings is 2. The van der Waals surface area contributed by atoms with E-state index in [9.17, 15) is 14.7 Å². The Kier molecular flexibility index (Phi) is 4.82. The highest BCUT2D eigenvalue weighted by atomic mass is 79.9. The molecule has 2 amide bonds. The van der Waals surface area contributed by atoms with Crippen LogP contribution >= 0.6 is 27.5 Å². The molecule has 0 aliphatic heterocycles. The Morgan fingerprint density at radius 3 is 2.29 bits per heavy atom. The molecule has 0 aliphatic rings. The molecular weight excluding hydrogens is 360 g/mol. The van der Waals surface area contributed by atoms with Gasteiger partial charge in [0.05, 0.1) is 5.56 Å². The molecule has 0 bridgehead atoms. The van der Waals surface area contributed by atoms with Crippen molar-refractivity contribution in [2.75, 3.05) is 0 Å². The van der Waals surface area contributed by atoms with Crippen molar-refractivity contribution in [3.8, 4) is 5.75 Å². The second-order valence-electron chi connectivity index (χ2n) is 4.08. The number of phenols is 1. The minimum absolute atomic E-state index is 0.0291. The highest BCUT2D eigenvalue weighted by Crippen LogP contribution is 2.21. The fourth-order valence-corrected chi connectivity index (χ4v) is 1.98. The summed E-state index contributed by atoms with van der Waals surface area (Å²) in [5.74, 6) is -1.37. The van der Waals surface area contributed by atoms with Gasteiger partial charge in [-0.15, -0.1) is 0 Å². The van der Waals surface area contributed by atoms with E-state index in [2.05, 4.69) is 26.8 Å². The molecule has 21 heavy (non-hydrogen) atoms. The summed E-state index contributed by atoms with van der Waals surface area (Å²) in [7, 11) is 0. The summed E-state index contributed by atoms with van der Waals surface area (Å²) in [5.41, 5.74) is 4.82. The summed E-state index contributed by atoms with van der Waals surface area (Å²) in [6.45, 7) is 0. The molecule has 3 N–H and O–H groups in total. The number of phenolic OH excluding ortho intramolecular Hbond substituents is 1. The van der Waals surface area contributed by atoms with Crippen LogP contribution in [0.15, 0.2) is 46.9 Å². The van der Waals surface area contributed by atoms with Crippen LogP contribution in [0.4, 0.5) is 0 Å². The summed E-state index contributed by atoms with van der Waals surface area (Å²) in [5, 5.41) is 9.88. The summed E-state index contributed by atoms with van der Waals surface area (Å²) in [6.07, 6.45) is 0. The number of hydrazine groups is 1. The SMILES string of the molecule is O=C(NNC(=O)c1cc(Cl)ccc1O)c1ccc(Br)cc1. The summed E-state index contributed by atoms with van der Waals surface area (Å²) in [4.78, 5) is 23.7. The largest absolute Gasteiger partial charge is 0.507 e. The highest BCUT2D eigenvalue weighted by molar-refractivity contribution is 9.10. The van der Waals surface area contributed by atoms with Crippen molar-refractivity contribution in [1.29, 1.82) is 0 Å². The van der Waals surface area contributed by atoms with Crippen molar-refractivity contribution in [3.63, 3.8) is 0 Å². The van der Waals surface area contributed by atoms with Crippen LogP contribution in [0.2, 0.25) is 5.02 Å². The zero-order valence-electron chi connectivity index (χ0n) is 10.6. The molecule has 2 rings (SSSR count). The van der Waals surface area contributed by atoms with Crippen molar-refractivity contribution in [3.05, 3.63) is 63.1 Å². The Balaban J connectivity index is 2.02. The van der Waals surface area contributed by atoms with Crippen LogP contribution in [0.5, 0.6) is 5.75 Å². The van der Waals surface area contributed by atoms with Gasteiger partial charge in [0, 0.05) is 15.1 Å². The Morgan fingerprint density at radius 1 is 1.00 bits per heavy atom. The first-order valence-corrected chi connectivity index (χ1v) is 6.99. The zero-order valence-corrected chi connectivity index (χ0v) is 12.9. The van der Waals surface area contributed by atoms with Gasteiger partial charge in [0.25, 0.3) is 11.8 Å². The van der Waals surface area contributed by atoms with E-state index < -0.39 is 11.8 Å². The maximum atomic E-state index is 11.9. The number of halogens is 2. The van der Waals surface area contributed by atoms with E-state index in [1.54, 1.807) is 24.3 Å². The van der Waals surface area contributed by atoms with E-state index in [-0.39, 0.29) is 11.3 Å². The van der Waals surface area contributed by atoms with Crippen molar-refractivity contribution in [2.24, 2.45) is 0 Å². The van der Waals surface area contributed by atoms with Crippen LogP contribution in [-0.4, -0.2) is 16.9 Å². The van der Waals surface area contributed by atoms with E-state index in [1.165, 1.54) is 18.2 Å². The molecule has 108 valence electrons. The first-order valence-electron chi connectivity index (χ1n) is 5.82. The van der Waals surface area contributed by atoms with E-state index in [1.807, 2.05) is 0 Å². The molecule has 0 fully saturated rings. The monoisotopic (exact) mass is 368 g/mol. The normalized spacial score (nSPS) is 10.0. The van der Waals surface area contributed by atoms with Crippen LogP contribution in [0.25, 0.3) is 0 Å². The fourth-order valence-electron chi connectivity index (χ4n) is 1.54. The first-order chi connectivity index (χ1) is 9.97. The van der Waals surface area contributed by atoms with Gasteiger partial charge in [0.15, 0.2) is 0 Å². The summed E-state index contributed by atoms with van der Waals surface area (Å²) >= 11 is 9.01. The van der Waals surface area contributed by atoms with E-state index >= 15 is 0 Å². The Bertz CT molecular complexity index is 689. The number of nitrogens with one attached hydrogen (secondary N) is 2. The number of carbonyl (C=O) groups is 2. The third-order valence-corrected chi connectivity index (χ3v) is 3.36. The molecule has 0 spiro atoms. The molecule has 0 heterocycles. The molecule has 0 radical (unpaired) electrons. The molecule has 0 saturated carbocycles. The van der Waals surface area contributed by atoms with Crippen LogP contribution < -0.4 is 10.9 Å². The fraction of sp³-hybridized carbons (Fsp3) is 0. The number of hydrogen-bond acceptors (Lipinski definition) is 3. The molecule has 2 aromatic rings. The van der Waals surface area contributed by atoms with Gasteiger partial charge in [-0.2, -0.15) is 0 Å². The molecule has 5 nitrogen and oxygen atoms in total. The lowest BCUT2D eigenvalue weighted by atomic mass is 10.2. The van der Waals surface area contributed by atoms with Gasteiger partial charge >= 0.3 is 0 Å². The van der Waals surface area contributed by atoms with Gasteiger partial charge in [-0.3, -0.25) is 20.4 Å². The third kappa shape index (κ3) is 3.96. The Morgan fingerprint density at radius 2 is 1.62 bits per heavy atom. The predicted molar refractivity (Wildman–Crippen MR) is 82.2 cm³/mol. The molecule has 0 atom stereocenters. The molecule has 2 aromatic carbocycles. The number of hydrogen-bond donors (Lipinski definition) is 3. The predicted octanol–water partition coefficient (Wildman–Crippen LogP) is 2.88. The number of aromatic hydroxyl groups is 1. The molecule has 7 heteroatoms. The van der Waals surface area contributed by atoms with Crippen molar-refractivity contribution in [1.82, 2.24) is 10.9 Å². The van der Waals surface area contributed by atoms with E-state index in [0.29, 0.717) is 10.6 Å². The quantitative estimate of drug-likeness (QED) is 0.712. The topological polar surface area (TPSA) is 78.4 Å². The van der Waals surface area contributed by atoms with Crippen LogP contribution in [0, 0.1) is 0 Å². The second kappa shape index (κ2) is 6.60. The molecule has 0 unspecified atom stereocenters.